The maximum atomic E-state index is 12.6. The molecule has 26 heavy (non-hydrogen) atoms. The molecular weight excluding hydrogens is 326 g/mol. The molecule has 5 nitrogen and oxygen atoms in total. The zero-order valence-corrected chi connectivity index (χ0v) is 14.9. The predicted molar refractivity (Wildman–Crippen MR) is 102 cm³/mol. The normalized spacial score (nSPS) is 16.0. The Hall–Kier alpha value is -2.66. The molecule has 1 aliphatic heterocycles. The van der Waals surface area contributed by atoms with E-state index in [1.165, 1.54) is 0 Å². The fourth-order valence-corrected chi connectivity index (χ4v) is 3.27. The Bertz CT molecular complexity index is 733. The van der Waals surface area contributed by atoms with Crippen molar-refractivity contribution in [1.29, 1.82) is 0 Å². The van der Waals surface area contributed by atoms with Crippen LogP contribution in [-0.2, 0) is 4.79 Å². The highest BCUT2D eigenvalue weighted by Crippen LogP contribution is 2.16. The molecule has 0 aromatic heterocycles. The van der Waals surface area contributed by atoms with Gasteiger partial charge in [0.15, 0.2) is 0 Å². The molecule has 2 N–H and O–H groups in total. The molecule has 1 heterocycles. The van der Waals surface area contributed by atoms with Crippen LogP contribution in [0.4, 0.5) is 0 Å². The fourth-order valence-electron chi connectivity index (χ4n) is 3.27. The number of hydrogen-bond acceptors (Lipinski definition) is 3. The average molecular weight is 351 g/mol. The molecule has 2 aromatic carbocycles. The molecule has 1 atom stereocenters. The number of rotatable bonds is 4. The second-order valence-corrected chi connectivity index (χ2v) is 6.61. The van der Waals surface area contributed by atoms with Gasteiger partial charge >= 0.3 is 0 Å². The lowest BCUT2D eigenvalue weighted by molar-refractivity contribution is -0.131. The molecular formula is C21H25N3O2. The average Bonchev–Trinajstić information content (AvgIpc) is 2.95. The van der Waals surface area contributed by atoms with E-state index < -0.39 is 0 Å². The lowest BCUT2D eigenvalue weighted by Crippen LogP contribution is -2.38. The van der Waals surface area contributed by atoms with Crippen molar-refractivity contribution >= 4 is 11.8 Å². The summed E-state index contributed by atoms with van der Waals surface area (Å²) in [7, 11) is 0. The number of nitrogens with two attached hydrogens (primary N) is 1. The largest absolute Gasteiger partial charge is 0.341 e. The number of hydrogen-bond donors (Lipinski definition) is 1. The van der Waals surface area contributed by atoms with Gasteiger partial charge in [0, 0.05) is 44.2 Å². The van der Waals surface area contributed by atoms with E-state index in [0.717, 1.165) is 12.0 Å². The van der Waals surface area contributed by atoms with E-state index in [0.29, 0.717) is 31.7 Å². The van der Waals surface area contributed by atoms with Crippen LogP contribution in [0.1, 0.15) is 34.8 Å². The third-order valence-corrected chi connectivity index (χ3v) is 4.78. The molecule has 1 unspecified atom stereocenters. The molecule has 0 aliphatic carbocycles. The number of nitrogens with zero attached hydrogens (tertiary/aromatic N) is 2. The Morgan fingerprint density at radius 2 is 1.42 bits per heavy atom. The Morgan fingerprint density at radius 1 is 0.846 bits per heavy atom. The van der Waals surface area contributed by atoms with Gasteiger partial charge in [-0.25, -0.2) is 0 Å². The van der Waals surface area contributed by atoms with E-state index in [4.69, 9.17) is 5.73 Å². The van der Waals surface area contributed by atoms with E-state index in [1.54, 1.807) is 0 Å². The van der Waals surface area contributed by atoms with Crippen molar-refractivity contribution in [2.45, 2.75) is 18.9 Å². The first-order valence-corrected chi connectivity index (χ1v) is 9.08. The van der Waals surface area contributed by atoms with Gasteiger partial charge in [0.05, 0.1) is 0 Å². The summed E-state index contributed by atoms with van der Waals surface area (Å²) < 4.78 is 0. The molecule has 0 saturated carbocycles. The van der Waals surface area contributed by atoms with E-state index in [2.05, 4.69) is 0 Å². The van der Waals surface area contributed by atoms with Crippen molar-refractivity contribution in [2.24, 2.45) is 5.73 Å². The summed E-state index contributed by atoms with van der Waals surface area (Å²) in [5.41, 5.74) is 7.84. The quantitative estimate of drug-likeness (QED) is 0.920. The highest BCUT2D eigenvalue weighted by molar-refractivity contribution is 5.94. The monoisotopic (exact) mass is 351 g/mol. The Morgan fingerprint density at radius 3 is 2.12 bits per heavy atom. The van der Waals surface area contributed by atoms with Crippen LogP contribution in [0.2, 0.25) is 0 Å². The first-order chi connectivity index (χ1) is 12.6. The van der Waals surface area contributed by atoms with Gasteiger partial charge in [-0.2, -0.15) is 0 Å². The number of amides is 2. The molecule has 2 aromatic rings. The molecule has 1 saturated heterocycles. The lowest BCUT2D eigenvalue weighted by atomic mass is 10.0. The standard InChI is InChI=1S/C21H25N3O2/c22-19(17-8-3-1-4-9-17)16-20(25)23-12-7-13-24(15-14-23)21(26)18-10-5-2-6-11-18/h1-6,8-11,19H,7,12-16,22H2. The summed E-state index contributed by atoms with van der Waals surface area (Å²) in [5.74, 6) is 0.0799. The van der Waals surface area contributed by atoms with Crippen LogP contribution >= 0.6 is 0 Å². The molecule has 0 bridgehead atoms. The Kier molecular flexibility index (Phi) is 6.02. The van der Waals surface area contributed by atoms with E-state index in [9.17, 15) is 9.59 Å². The van der Waals surface area contributed by atoms with Crippen molar-refractivity contribution in [3.63, 3.8) is 0 Å². The van der Waals surface area contributed by atoms with E-state index in [1.807, 2.05) is 70.5 Å². The predicted octanol–water partition coefficient (Wildman–Crippen LogP) is 2.45. The smallest absolute Gasteiger partial charge is 0.253 e. The molecule has 0 spiro atoms. The first-order valence-electron chi connectivity index (χ1n) is 9.08. The van der Waals surface area contributed by atoms with Crippen molar-refractivity contribution in [3.05, 3.63) is 71.8 Å². The highest BCUT2D eigenvalue weighted by Gasteiger charge is 2.24. The van der Waals surface area contributed by atoms with Crippen LogP contribution in [0.3, 0.4) is 0 Å². The topological polar surface area (TPSA) is 66.6 Å². The number of benzene rings is 2. The van der Waals surface area contributed by atoms with Gasteiger partial charge in [-0.05, 0) is 24.1 Å². The van der Waals surface area contributed by atoms with Crippen molar-refractivity contribution < 1.29 is 9.59 Å². The van der Waals surface area contributed by atoms with Gasteiger partial charge in [-0.15, -0.1) is 0 Å². The maximum absolute atomic E-state index is 12.6. The Labute approximate surface area is 154 Å². The van der Waals surface area contributed by atoms with E-state index >= 15 is 0 Å². The minimum atomic E-state index is -0.297. The van der Waals surface area contributed by atoms with Gasteiger partial charge in [0.25, 0.3) is 5.91 Å². The van der Waals surface area contributed by atoms with Gasteiger partial charge < -0.3 is 15.5 Å². The molecule has 2 amide bonds. The van der Waals surface area contributed by atoms with Crippen LogP contribution in [0.15, 0.2) is 60.7 Å². The van der Waals surface area contributed by atoms with Crippen molar-refractivity contribution in [2.75, 3.05) is 26.2 Å². The summed E-state index contributed by atoms with van der Waals surface area (Å²) in [6, 6.07) is 18.7. The van der Waals surface area contributed by atoms with Crippen LogP contribution in [0.5, 0.6) is 0 Å². The van der Waals surface area contributed by atoms with Gasteiger partial charge in [0.2, 0.25) is 5.91 Å². The molecule has 136 valence electrons. The minimum Gasteiger partial charge on any atom is -0.341 e. The molecule has 5 heteroatoms. The van der Waals surface area contributed by atoms with Gasteiger partial charge in [-0.3, -0.25) is 9.59 Å². The molecule has 1 fully saturated rings. The third-order valence-electron chi connectivity index (χ3n) is 4.78. The highest BCUT2D eigenvalue weighted by atomic mass is 16.2. The van der Waals surface area contributed by atoms with Gasteiger partial charge in [0.1, 0.15) is 0 Å². The molecule has 1 aliphatic rings. The second-order valence-electron chi connectivity index (χ2n) is 6.61. The van der Waals surface area contributed by atoms with Crippen LogP contribution < -0.4 is 5.73 Å². The van der Waals surface area contributed by atoms with Crippen molar-refractivity contribution in [3.8, 4) is 0 Å². The van der Waals surface area contributed by atoms with Crippen LogP contribution in [-0.4, -0.2) is 47.8 Å². The van der Waals surface area contributed by atoms with Gasteiger partial charge in [-0.1, -0.05) is 48.5 Å². The fraction of sp³-hybridized carbons (Fsp3) is 0.333. The summed E-state index contributed by atoms with van der Waals surface area (Å²) >= 11 is 0. The first kappa shape index (κ1) is 18.1. The maximum Gasteiger partial charge on any atom is 0.253 e. The minimum absolute atomic E-state index is 0.0286. The molecule has 0 radical (unpaired) electrons. The molecule has 3 rings (SSSR count). The summed E-state index contributed by atoms with van der Waals surface area (Å²) in [6.45, 7) is 2.44. The lowest BCUT2D eigenvalue weighted by Gasteiger charge is -2.23. The second kappa shape index (κ2) is 8.63. The Balaban J connectivity index is 1.56. The van der Waals surface area contributed by atoms with Crippen LogP contribution in [0, 0.1) is 0 Å². The number of carbonyl (C=O) groups excluding carboxylic acids is 2. The SMILES string of the molecule is NC(CC(=O)N1CCCN(C(=O)c2ccccc2)CC1)c1ccccc1. The number of carbonyl (C=O) groups is 2. The zero-order chi connectivity index (χ0) is 18.4. The van der Waals surface area contributed by atoms with Crippen molar-refractivity contribution in [1.82, 2.24) is 9.80 Å². The summed E-state index contributed by atoms with van der Waals surface area (Å²) in [5, 5.41) is 0. The third kappa shape index (κ3) is 4.49. The van der Waals surface area contributed by atoms with Crippen LogP contribution in [0.25, 0.3) is 0 Å². The zero-order valence-electron chi connectivity index (χ0n) is 14.9. The summed E-state index contributed by atoms with van der Waals surface area (Å²) in [6.07, 6.45) is 1.07. The summed E-state index contributed by atoms with van der Waals surface area (Å²) in [4.78, 5) is 28.9. The van der Waals surface area contributed by atoms with E-state index in [-0.39, 0.29) is 24.3 Å².